The van der Waals surface area contributed by atoms with Crippen molar-refractivity contribution in [2.45, 2.75) is 6.04 Å². The molecule has 4 N–H and O–H groups in total. The number of phenolic OH excluding ortho intramolecular Hbond substituents is 1. The second kappa shape index (κ2) is 5.28. The number of carbonyl (C=O) groups excluding carboxylic acids is 1. The summed E-state index contributed by atoms with van der Waals surface area (Å²) in [4.78, 5) is 22.6. The number of hydrogen-bond acceptors (Lipinski definition) is 5. The van der Waals surface area contributed by atoms with Crippen LogP contribution in [0, 0.1) is 0 Å². The molecule has 1 heterocycles. The fourth-order valence-electron chi connectivity index (χ4n) is 1.55. The first kappa shape index (κ1) is 12.7. The van der Waals surface area contributed by atoms with E-state index in [9.17, 15) is 14.7 Å². The Kier molecular flexibility index (Phi) is 3.73. The van der Waals surface area contributed by atoms with Crippen molar-refractivity contribution < 1.29 is 19.8 Å². The van der Waals surface area contributed by atoms with Gasteiger partial charge in [0.25, 0.3) is 0 Å². The fourth-order valence-corrected chi connectivity index (χ4v) is 2.49. The van der Waals surface area contributed by atoms with E-state index in [1.807, 2.05) is 0 Å². The Bertz CT molecular complexity index is 486. The summed E-state index contributed by atoms with van der Waals surface area (Å²) >= 11 is 1.60. The van der Waals surface area contributed by atoms with Gasteiger partial charge >= 0.3 is 5.97 Å². The third-order valence-electron chi connectivity index (χ3n) is 2.53. The van der Waals surface area contributed by atoms with Crippen LogP contribution in [0.5, 0.6) is 5.75 Å². The number of thioether (sulfide) groups is 1. The molecule has 7 heteroatoms. The number of carboxylic acids is 1. The molecule has 18 heavy (non-hydrogen) atoms. The number of anilines is 1. The smallest absolute Gasteiger partial charge is 0.335 e. The number of carboxylic acid groups (broad SMARTS) is 1. The van der Waals surface area contributed by atoms with Gasteiger partial charge in [0, 0.05) is 11.6 Å². The highest BCUT2D eigenvalue weighted by Crippen LogP contribution is 2.25. The molecule has 1 aliphatic rings. The fraction of sp³-hybridized carbons (Fsp3) is 0.273. The SMILES string of the molecule is O=C(O)c1ccc(O)c(NC(=O)C2CSCN2)c1. The van der Waals surface area contributed by atoms with Gasteiger partial charge < -0.3 is 15.5 Å². The molecule has 0 radical (unpaired) electrons. The van der Waals surface area contributed by atoms with Crippen LogP contribution in [0.4, 0.5) is 5.69 Å². The molecule has 1 aromatic carbocycles. The molecule has 1 atom stereocenters. The van der Waals surface area contributed by atoms with Gasteiger partial charge in [-0.1, -0.05) is 0 Å². The Morgan fingerprint density at radius 1 is 1.44 bits per heavy atom. The summed E-state index contributed by atoms with van der Waals surface area (Å²) in [5.41, 5.74) is 0.121. The van der Waals surface area contributed by atoms with Gasteiger partial charge in [0.15, 0.2) is 0 Å². The van der Waals surface area contributed by atoms with Crippen molar-refractivity contribution in [2.75, 3.05) is 16.9 Å². The third kappa shape index (κ3) is 2.74. The summed E-state index contributed by atoms with van der Waals surface area (Å²) in [6, 6.07) is 3.44. The minimum atomic E-state index is -1.11. The largest absolute Gasteiger partial charge is 0.506 e. The second-order valence-corrected chi connectivity index (χ2v) is 4.83. The Morgan fingerprint density at radius 3 is 2.83 bits per heavy atom. The third-order valence-corrected chi connectivity index (χ3v) is 3.47. The number of nitrogens with one attached hydrogen (secondary N) is 2. The molecule has 0 aliphatic carbocycles. The van der Waals surface area contributed by atoms with E-state index in [2.05, 4.69) is 10.6 Å². The molecular formula is C11H12N2O4S. The van der Waals surface area contributed by atoms with Gasteiger partial charge in [-0.15, -0.1) is 11.8 Å². The van der Waals surface area contributed by atoms with Crippen molar-refractivity contribution >= 4 is 29.3 Å². The van der Waals surface area contributed by atoms with Crippen LogP contribution in [-0.4, -0.2) is 39.8 Å². The molecule has 1 unspecified atom stereocenters. The highest BCUT2D eigenvalue weighted by molar-refractivity contribution is 7.99. The Morgan fingerprint density at radius 2 is 2.22 bits per heavy atom. The first-order valence-corrected chi connectivity index (χ1v) is 6.41. The van der Waals surface area contributed by atoms with Crippen molar-refractivity contribution in [3.63, 3.8) is 0 Å². The predicted octanol–water partition coefficient (Wildman–Crippen LogP) is 0.691. The minimum Gasteiger partial charge on any atom is -0.506 e. The summed E-state index contributed by atoms with van der Waals surface area (Å²) in [7, 11) is 0. The topological polar surface area (TPSA) is 98.7 Å². The summed E-state index contributed by atoms with van der Waals surface area (Å²) in [5, 5.41) is 23.9. The Labute approximate surface area is 107 Å². The summed E-state index contributed by atoms with van der Waals surface area (Å²) in [6.07, 6.45) is 0. The van der Waals surface area contributed by atoms with Crippen LogP contribution in [0.2, 0.25) is 0 Å². The average molecular weight is 268 g/mol. The van der Waals surface area contributed by atoms with Crippen LogP contribution in [0.15, 0.2) is 18.2 Å². The number of amides is 1. The molecule has 1 saturated heterocycles. The summed E-state index contributed by atoms with van der Waals surface area (Å²) in [5.74, 6) is -0.179. The summed E-state index contributed by atoms with van der Waals surface area (Å²) < 4.78 is 0. The van der Waals surface area contributed by atoms with Crippen LogP contribution < -0.4 is 10.6 Å². The lowest BCUT2D eigenvalue weighted by Crippen LogP contribution is -2.37. The van der Waals surface area contributed by atoms with Gasteiger partial charge in [-0.25, -0.2) is 4.79 Å². The first-order chi connectivity index (χ1) is 8.58. The van der Waals surface area contributed by atoms with Gasteiger partial charge in [-0.2, -0.15) is 0 Å². The van der Waals surface area contributed by atoms with E-state index in [-0.39, 0.29) is 28.9 Å². The molecule has 1 fully saturated rings. The van der Waals surface area contributed by atoms with Crippen molar-refractivity contribution in [1.82, 2.24) is 5.32 Å². The molecule has 0 bridgehead atoms. The maximum absolute atomic E-state index is 11.8. The van der Waals surface area contributed by atoms with E-state index in [0.29, 0.717) is 11.6 Å². The van der Waals surface area contributed by atoms with E-state index < -0.39 is 5.97 Å². The van der Waals surface area contributed by atoms with Crippen LogP contribution in [-0.2, 0) is 4.79 Å². The zero-order valence-corrected chi connectivity index (χ0v) is 10.2. The Balaban J connectivity index is 2.14. The van der Waals surface area contributed by atoms with Crippen molar-refractivity contribution in [1.29, 1.82) is 0 Å². The van der Waals surface area contributed by atoms with Crippen molar-refractivity contribution in [3.05, 3.63) is 23.8 Å². The number of hydrogen-bond donors (Lipinski definition) is 4. The van der Waals surface area contributed by atoms with Crippen LogP contribution >= 0.6 is 11.8 Å². The molecule has 1 aliphatic heterocycles. The van der Waals surface area contributed by atoms with Gasteiger partial charge in [0.05, 0.1) is 17.3 Å². The normalized spacial score (nSPS) is 18.6. The minimum absolute atomic E-state index is 0.0110. The molecule has 6 nitrogen and oxygen atoms in total. The van der Waals surface area contributed by atoms with Crippen LogP contribution in [0.3, 0.4) is 0 Å². The molecule has 1 amide bonds. The lowest BCUT2D eigenvalue weighted by atomic mass is 10.2. The number of aromatic hydroxyl groups is 1. The molecule has 96 valence electrons. The highest BCUT2D eigenvalue weighted by Gasteiger charge is 2.23. The molecular weight excluding hydrogens is 256 g/mol. The lowest BCUT2D eigenvalue weighted by molar-refractivity contribution is -0.117. The average Bonchev–Trinajstić information content (AvgIpc) is 2.85. The molecule has 0 saturated carbocycles. The maximum Gasteiger partial charge on any atom is 0.335 e. The van der Waals surface area contributed by atoms with Gasteiger partial charge in [-0.05, 0) is 18.2 Å². The highest BCUT2D eigenvalue weighted by atomic mass is 32.2. The van der Waals surface area contributed by atoms with E-state index in [1.165, 1.54) is 18.2 Å². The van der Waals surface area contributed by atoms with Gasteiger partial charge in [0.2, 0.25) is 5.91 Å². The van der Waals surface area contributed by atoms with Crippen LogP contribution in [0.25, 0.3) is 0 Å². The lowest BCUT2D eigenvalue weighted by Gasteiger charge is -2.12. The van der Waals surface area contributed by atoms with Crippen molar-refractivity contribution in [2.24, 2.45) is 0 Å². The molecule has 1 aromatic rings. The zero-order valence-electron chi connectivity index (χ0n) is 9.34. The van der Waals surface area contributed by atoms with Gasteiger partial charge in [0.1, 0.15) is 5.75 Å². The predicted molar refractivity (Wildman–Crippen MR) is 67.9 cm³/mol. The van der Waals surface area contributed by atoms with E-state index in [4.69, 9.17) is 5.11 Å². The van der Waals surface area contributed by atoms with Gasteiger partial charge in [-0.3, -0.25) is 10.1 Å². The molecule has 0 spiro atoms. The number of benzene rings is 1. The van der Waals surface area contributed by atoms with E-state index in [0.717, 1.165) is 0 Å². The maximum atomic E-state index is 11.8. The zero-order chi connectivity index (χ0) is 13.1. The summed E-state index contributed by atoms with van der Waals surface area (Å²) in [6.45, 7) is 0. The second-order valence-electron chi connectivity index (χ2n) is 3.80. The quantitative estimate of drug-likeness (QED) is 0.602. The van der Waals surface area contributed by atoms with Crippen LogP contribution in [0.1, 0.15) is 10.4 Å². The number of aromatic carboxylic acids is 1. The van der Waals surface area contributed by atoms with E-state index >= 15 is 0 Å². The molecule has 2 rings (SSSR count). The number of rotatable bonds is 3. The van der Waals surface area contributed by atoms with Crippen molar-refractivity contribution in [3.8, 4) is 5.75 Å². The monoisotopic (exact) mass is 268 g/mol. The number of carbonyl (C=O) groups is 2. The Hall–Kier alpha value is -1.73. The van der Waals surface area contributed by atoms with E-state index in [1.54, 1.807) is 11.8 Å². The number of phenols is 1. The molecule has 0 aromatic heterocycles. The first-order valence-electron chi connectivity index (χ1n) is 5.26. The standard InChI is InChI=1S/C11H12N2O4S/c14-9-2-1-6(11(16)17)3-7(9)13-10(15)8-4-18-5-12-8/h1-3,8,12,14H,4-5H2,(H,13,15)(H,16,17).